The van der Waals surface area contributed by atoms with Crippen LogP contribution in [0.2, 0.25) is 0 Å². The summed E-state index contributed by atoms with van der Waals surface area (Å²) in [5.41, 5.74) is 6.32. The van der Waals surface area contributed by atoms with Gasteiger partial charge in [0.1, 0.15) is 18.2 Å². The van der Waals surface area contributed by atoms with Crippen molar-refractivity contribution in [1.82, 2.24) is 0 Å². The van der Waals surface area contributed by atoms with E-state index in [1.807, 2.05) is 6.92 Å². The van der Waals surface area contributed by atoms with Crippen molar-refractivity contribution in [3.8, 4) is 5.75 Å². The van der Waals surface area contributed by atoms with E-state index in [0.29, 0.717) is 17.7 Å². The van der Waals surface area contributed by atoms with E-state index in [1.165, 1.54) is 18.2 Å². The Balaban J connectivity index is 2.75. The van der Waals surface area contributed by atoms with E-state index in [0.717, 1.165) is 6.26 Å². The van der Waals surface area contributed by atoms with E-state index in [4.69, 9.17) is 10.5 Å². The molecule has 1 rings (SSSR count). The molecule has 0 aliphatic heterocycles. The Morgan fingerprint density at radius 3 is 2.67 bits per heavy atom. The second-order valence-electron chi connectivity index (χ2n) is 4.41. The minimum Gasteiger partial charge on any atom is -0.492 e. The molecule has 0 aliphatic rings. The van der Waals surface area contributed by atoms with E-state index in [9.17, 15) is 12.8 Å². The number of hydrogen-bond donors (Lipinski definition) is 1. The van der Waals surface area contributed by atoms with Crippen molar-refractivity contribution in [2.45, 2.75) is 19.4 Å². The molecular weight excluding hydrogens is 257 g/mol. The molecule has 102 valence electrons. The molecule has 0 fully saturated rings. The van der Waals surface area contributed by atoms with Crippen LogP contribution in [-0.4, -0.2) is 33.1 Å². The highest BCUT2D eigenvalue weighted by atomic mass is 32.2. The van der Waals surface area contributed by atoms with Crippen molar-refractivity contribution >= 4 is 9.84 Å². The average molecular weight is 275 g/mol. The van der Waals surface area contributed by atoms with Crippen LogP contribution in [0.25, 0.3) is 0 Å². The van der Waals surface area contributed by atoms with Gasteiger partial charge >= 0.3 is 0 Å². The maximum Gasteiger partial charge on any atom is 0.150 e. The first kappa shape index (κ1) is 14.9. The molecule has 0 aromatic heterocycles. The third-order valence-electron chi connectivity index (χ3n) is 2.28. The molecule has 0 radical (unpaired) electrons. The molecule has 2 N–H and O–H groups in total. The summed E-state index contributed by atoms with van der Waals surface area (Å²) in [4.78, 5) is 0. The summed E-state index contributed by atoms with van der Waals surface area (Å²) in [6.07, 6.45) is 1.62. The molecule has 1 aromatic rings. The number of rotatable bonds is 6. The Kier molecular flexibility index (Phi) is 5.10. The zero-order valence-electron chi connectivity index (χ0n) is 10.5. The molecule has 0 saturated heterocycles. The van der Waals surface area contributed by atoms with Gasteiger partial charge in [-0.05, 0) is 37.1 Å². The lowest BCUT2D eigenvalue weighted by molar-refractivity contribution is 0.336. The Hall–Kier alpha value is -1.14. The molecule has 0 saturated carbocycles. The summed E-state index contributed by atoms with van der Waals surface area (Å²) < 4.78 is 40.4. The number of nitrogens with two attached hydrogens (primary N) is 1. The van der Waals surface area contributed by atoms with Crippen LogP contribution in [0.15, 0.2) is 18.2 Å². The monoisotopic (exact) mass is 275 g/mol. The van der Waals surface area contributed by atoms with Gasteiger partial charge in [0.05, 0.1) is 5.75 Å². The van der Waals surface area contributed by atoms with Crippen LogP contribution in [0.3, 0.4) is 0 Å². The standard InChI is InChI=1S/C12H18FNO3S/c1-9(14)7-10-8-11(13)3-4-12(10)17-5-6-18(2,15)16/h3-4,8-9H,5-7,14H2,1-2H3. The first-order valence-electron chi connectivity index (χ1n) is 5.62. The Morgan fingerprint density at radius 1 is 1.44 bits per heavy atom. The lowest BCUT2D eigenvalue weighted by atomic mass is 10.1. The molecular formula is C12H18FNO3S. The Labute approximate surface area is 107 Å². The van der Waals surface area contributed by atoms with Gasteiger partial charge in [0.25, 0.3) is 0 Å². The van der Waals surface area contributed by atoms with E-state index in [1.54, 1.807) is 0 Å². The maximum atomic E-state index is 13.1. The zero-order valence-corrected chi connectivity index (χ0v) is 11.3. The molecule has 1 atom stereocenters. The van der Waals surface area contributed by atoms with Crippen LogP contribution >= 0.6 is 0 Å². The van der Waals surface area contributed by atoms with Crippen LogP contribution in [0, 0.1) is 5.82 Å². The van der Waals surface area contributed by atoms with Gasteiger partial charge in [-0.3, -0.25) is 0 Å². The molecule has 0 heterocycles. The highest BCUT2D eigenvalue weighted by Crippen LogP contribution is 2.21. The van der Waals surface area contributed by atoms with Gasteiger partial charge in [-0.25, -0.2) is 12.8 Å². The molecule has 6 heteroatoms. The summed E-state index contributed by atoms with van der Waals surface area (Å²) in [7, 11) is -3.06. The first-order chi connectivity index (χ1) is 8.28. The minimum atomic E-state index is -3.06. The molecule has 4 nitrogen and oxygen atoms in total. The number of ether oxygens (including phenoxy) is 1. The molecule has 0 spiro atoms. The molecule has 1 aromatic carbocycles. The number of benzene rings is 1. The van der Waals surface area contributed by atoms with E-state index >= 15 is 0 Å². The summed E-state index contributed by atoms with van der Waals surface area (Å²) >= 11 is 0. The third-order valence-corrected chi connectivity index (χ3v) is 3.18. The lowest BCUT2D eigenvalue weighted by Gasteiger charge is -2.13. The fourth-order valence-corrected chi connectivity index (χ4v) is 1.88. The van der Waals surface area contributed by atoms with Crippen LogP contribution in [0.1, 0.15) is 12.5 Å². The van der Waals surface area contributed by atoms with Crippen molar-refractivity contribution in [1.29, 1.82) is 0 Å². The summed E-state index contributed by atoms with van der Waals surface area (Å²) in [5, 5.41) is 0. The van der Waals surface area contributed by atoms with Gasteiger partial charge in [-0.1, -0.05) is 0 Å². The SMILES string of the molecule is CC(N)Cc1cc(F)ccc1OCCS(C)(=O)=O. The summed E-state index contributed by atoms with van der Waals surface area (Å²) in [5.74, 6) is 0.0561. The fraction of sp³-hybridized carbons (Fsp3) is 0.500. The van der Waals surface area contributed by atoms with Gasteiger partial charge in [0.2, 0.25) is 0 Å². The van der Waals surface area contributed by atoms with Gasteiger partial charge in [-0.2, -0.15) is 0 Å². The van der Waals surface area contributed by atoms with E-state index in [-0.39, 0.29) is 24.2 Å². The highest BCUT2D eigenvalue weighted by Gasteiger charge is 2.09. The average Bonchev–Trinajstić information content (AvgIpc) is 2.18. The summed E-state index contributed by atoms with van der Waals surface area (Å²) in [6, 6.07) is 4.01. The van der Waals surface area contributed by atoms with Crippen molar-refractivity contribution in [3.05, 3.63) is 29.6 Å². The highest BCUT2D eigenvalue weighted by molar-refractivity contribution is 7.90. The van der Waals surface area contributed by atoms with Crippen molar-refractivity contribution in [2.75, 3.05) is 18.6 Å². The van der Waals surface area contributed by atoms with Crippen LogP contribution in [-0.2, 0) is 16.3 Å². The fourth-order valence-electron chi connectivity index (χ4n) is 1.50. The predicted molar refractivity (Wildman–Crippen MR) is 69.0 cm³/mol. The van der Waals surface area contributed by atoms with Crippen LogP contribution in [0.4, 0.5) is 4.39 Å². The smallest absolute Gasteiger partial charge is 0.150 e. The van der Waals surface area contributed by atoms with Crippen LogP contribution < -0.4 is 10.5 Å². The molecule has 18 heavy (non-hydrogen) atoms. The molecule has 0 amide bonds. The van der Waals surface area contributed by atoms with Crippen molar-refractivity contribution in [3.63, 3.8) is 0 Å². The van der Waals surface area contributed by atoms with Crippen molar-refractivity contribution in [2.24, 2.45) is 5.73 Å². The Morgan fingerprint density at radius 2 is 2.11 bits per heavy atom. The van der Waals surface area contributed by atoms with Crippen molar-refractivity contribution < 1.29 is 17.5 Å². The second-order valence-corrected chi connectivity index (χ2v) is 6.67. The van der Waals surface area contributed by atoms with Gasteiger partial charge in [0, 0.05) is 12.3 Å². The topological polar surface area (TPSA) is 69.4 Å². The number of sulfone groups is 1. The molecule has 1 unspecified atom stereocenters. The quantitative estimate of drug-likeness (QED) is 0.845. The number of halogens is 1. The van der Waals surface area contributed by atoms with Gasteiger partial charge < -0.3 is 10.5 Å². The molecule has 0 aliphatic carbocycles. The first-order valence-corrected chi connectivity index (χ1v) is 7.68. The third kappa shape index (κ3) is 5.46. The largest absolute Gasteiger partial charge is 0.492 e. The van der Waals surface area contributed by atoms with Gasteiger partial charge in [0.15, 0.2) is 9.84 Å². The minimum absolute atomic E-state index is 0.0520. The second kappa shape index (κ2) is 6.15. The lowest BCUT2D eigenvalue weighted by Crippen LogP contribution is -2.19. The van der Waals surface area contributed by atoms with Gasteiger partial charge in [-0.15, -0.1) is 0 Å². The normalized spacial score (nSPS) is 13.3. The van der Waals surface area contributed by atoms with Crippen LogP contribution in [0.5, 0.6) is 5.75 Å². The number of hydrogen-bond acceptors (Lipinski definition) is 4. The van der Waals surface area contributed by atoms with E-state index < -0.39 is 9.84 Å². The predicted octanol–water partition coefficient (Wildman–Crippen LogP) is 1.14. The zero-order chi connectivity index (χ0) is 13.8. The molecule has 0 bridgehead atoms. The Bertz CT molecular complexity index is 500. The summed E-state index contributed by atoms with van der Waals surface area (Å²) in [6.45, 7) is 1.86. The van der Waals surface area contributed by atoms with E-state index in [2.05, 4.69) is 0 Å². The maximum absolute atomic E-state index is 13.1.